The molecule has 0 radical (unpaired) electrons. The van der Waals surface area contributed by atoms with Gasteiger partial charge in [-0.2, -0.15) is 0 Å². The van der Waals surface area contributed by atoms with Crippen molar-refractivity contribution in [3.05, 3.63) is 41.2 Å². The van der Waals surface area contributed by atoms with E-state index in [0.29, 0.717) is 22.8 Å². The van der Waals surface area contributed by atoms with Crippen LogP contribution in [0.15, 0.2) is 29.8 Å². The number of allylic oxidation sites excluding steroid dienone is 1. The van der Waals surface area contributed by atoms with Crippen LogP contribution in [0.3, 0.4) is 0 Å². The summed E-state index contributed by atoms with van der Waals surface area (Å²) in [6.45, 7) is 3.93. The number of ether oxygens (including phenoxy) is 1. The van der Waals surface area contributed by atoms with E-state index in [9.17, 15) is 14.0 Å². The number of halogens is 1. The average molecular weight is 366 g/mol. The molecule has 0 saturated carbocycles. The van der Waals surface area contributed by atoms with E-state index in [1.165, 1.54) is 19.2 Å². The molecule has 1 saturated heterocycles. The van der Waals surface area contributed by atoms with Crippen molar-refractivity contribution < 1.29 is 18.7 Å². The highest BCUT2D eigenvalue weighted by Crippen LogP contribution is 2.23. The van der Waals surface area contributed by atoms with Gasteiger partial charge in [-0.15, -0.1) is 11.8 Å². The minimum absolute atomic E-state index is 0.109. The fourth-order valence-electron chi connectivity index (χ4n) is 2.61. The number of thioether (sulfide) groups is 1. The maximum Gasteiger partial charge on any atom is 0.250 e. The summed E-state index contributed by atoms with van der Waals surface area (Å²) in [5, 5.41) is 2.79. The van der Waals surface area contributed by atoms with E-state index < -0.39 is 11.9 Å². The van der Waals surface area contributed by atoms with E-state index in [1.807, 2.05) is 13.0 Å². The van der Waals surface area contributed by atoms with Crippen LogP contribution in [0, 0.1) is 5.82 Å². The number of methoxy groups -OCH3 is 1. The second-order valence-electron chi connectivity index (χ2n) is 5.77. The molecule has 2 rings (SSSR count). The van der Waals surface area contributed by atoms with Crippen LogP contribution in [0.2, 0.25) is 0 Å². The molecule has 136 valence electrons. The van der Waals surface area contributed by atoms with Crippen molar-refractivity contribution in [1.82, 2.24) is 10.2 Å². The van der Waals surface area contributed by atoms with E-state index in [1.54, 1.807) is 29.7 Å². The fourth-order valence-corrected chi connectivity index (χ4v) is 3.76. The van der Waals surface area contributed by atoms with Crippen molar-refractivity contribution in [2.75, 3.05) is 18.7 Å². The number of hydrogen-bond acceptors (Lipinski definition) is 4. The molecular weight excluding hydrogens is 343 g/mol. The van der Waals surface area contributed by atoms with Gasteiger partial charge in [0, 0.05) is 17.9 Å². The molecule has 2 amide bonds. The molecule has 1 atom stereocenters. The molecule has 1 aromatic rings. The van der Waals surface area contributed by atoms with Crippen LogP contribution in [0.5, 0.6) is 5.75 Å². The molecule has 1 fully saturated rings. The Morgan fingerprint density at radius 1 is 1.48 bits per heavy atom. The summed E-state index contributed by atoms with van der Waals surface area (Å²) >= 11 is 1.55. The number of rotatable bonds is 6. The Morgan fingerprint density at radius 2 is 2.24 bits per heavy atom. The largest absolute Gasteiger partial charge is 0.494 e. The summed E-state index contributed by atoms with van der Waals surface area (Å²) < 4.78 is 18.6. The zero-order chi connectivity index (χ0) is 18.4. The topological polar surface area (TPSA) is 58.6 Å². The molecule has 0 spiro atoms. The van der Waals surface area contributed by atoms with Crippen LogP contribution in [0.25, 0.3) is 0 Å². The van der Waals surface area contributed by atoms with Crippen LogP contribution < -0.4 is 10.1 Å². The Hall–Kier alpha value is -2.02. The molecule has 0 aromatic heterocycles. The number of amides is 2. The molecule has 1 heterocycles. The van der Waals surface area contributed by atoms with E-state index in [4.69, 9.17) is 4.74 Å². The van der Waals surface area contributed by atoms with Gasteiger partial charge in [-0.1, -0.05) is 19.1 Å². The SMILES string of the molecule is CC/C=C(/C)C(=O)N1CSCC1C(=O)NCc1ccc(OC)c(F)c1. The predicted molar refractivity (Wildman–Crippen MR) is 96.8 cm³/mol. The lowest BCUT2D eigenvalue weighted by atomic mass is 10.1. The van der Waals surface area contributed by atoms with Crippen LogP contribution in [-0.4, -0.2) is 41.5 Å². The van der Waals surface area contributed by atoms with Crippen molar-refractivity contribution in [1.29, 1.82) is 0 Å². The number of carbonyl (C=O) groups is 2. The molecule has 7 heteroatoms. The third-order valence-corrected chi connectivity index (χ3v) is 4.99. The lowest BCUT2D eigenvalue weighted by molar-refractivity contribution is -0.135. The Kier molecular flexibility index (Phi) is 6.87. The van der Waals surface area contributed by atoms with Crippen LogP contribution >= 0.6 is 11.8 Å². The van der Waals surface area contributed by atoms with Crippen LogP contribution in [0.1, 0.15) is 25.8 Å². The summed E-state index contributed by atoms with van der Waals surface area (Å²) in [4.78, 5) is 26.5. The zero-order valence-electron chi connectivity index (χ0n) is 14.7. The molecule has 1 aliphatic rings. The monoisotopic (exact) mass is 366 g/mol. The molecular formula is C18H23FN2O3S. The zero-order valence-corrected chi connectivity index (χ0v) is 15.5. The smallest absolute Gasteiger partial charge is 0.250 e. The first kappa shape index (κ1) is 19.3. The van der Waals surface area contributed by atoms with Gasteiger partial charge in [0.2, 0.25) is 5.91 Å². The van der Waals surface area contributed by atoms with Crippen molar-refractivity contribution >= 4 is 23.6 Å². The maximum atomic E-state index is 13.7. The van der Waals surface area contributed by atoms with Crippen molar-refractivity contribution in [3.63, 3.8) is 0 Å². The highest BCUT2D eigenvalue weighted by atomic mass is 32.2. The summed E-state index contributed by atoms with van der Waals surface area (Å²) in [5.74, 6) is 0.429. The Morgan fingerprint density at radius 3 is 2.88 bits per heavy atom. The van der Waals surface area contributed by atoms with Crippen LogP contribution in [0.4, 0.5) is 4.39 Å². The summed E-state index contributed by atoms with van der Waals surface area (Å²) in [7, 11) is 1.40. The highest BCUT2D eigenvalue weighted by molar-refractivity contribution is 7.99. The predicted octanol–water partition coefficient (Wildman–Crippen LogP) is 2.71. The molecule has 1 unspecified atom stereocenters. The van der Waals surface area contributed by atoms with Crippen molar-refractivity contribution in [2.45, 2.75) is 32.9 Å². The van der Waals surface area contributed by atoms with Gasteiger partial charge in [-0.3, -0.25) is 9.59 Å². The number of nitrogens with one attached hydrogen (secondary N) is 1. The van der Waals surface area contributed by atoms with Gasteiger partial charge in [0.15, 0.2) is 11.6 Å². The van der Waals surface area contributed by atoms with Crippen molar-refractivity contribution in [2.24, 2.45) is 0 Å². The average Bonchev–Trinajstić information content (AvgIpc) is 3.09. The van der Waals surface area contributed by atoms with Crippen LogP contribution in [-0.2, 0) is 16.1 Å². The van der Waals surface area contributed by atoms with E-state index in [2.05, 4.69) is 5.32 Å². The minimum atomic E-state index is -0.499. The maximum absolute atomic E-state index is 13.7. The fraction of sp³-hybridized carbons (Fsp3) is 0.444. The van der Waals surface area contributed by atoms with Gasteiger partial charge in [-0.05, 0) is 31.0 Å². The number of hydrogen-bond donors (Lipinski definition) is 1. The third kappa shape index (κ3) is 4.75. The summed E-state index contributed by atoms with van der Waals surface area (Å²) in [6.07, 6.45) is 2.64. The molecule has 0 aliphatic carbocycles. The molecule has 0 bridgehead atoms. The Bertz CT molecular complexity index is 678. The summed E-state index contributed by atoms with van der Waals surface area (Å²) in [6, 6.07) is 4.06. The van der Waals surface area contributed by atoms with E-state index in [-0.39, 0.29) is 24.1 Å². The summed E-state index contributed by atoms with van der Waals surface area (Å²) in [5.41, 5.74) is 1.29. The highest BCUT2D eigenvalue weighted by Gasteiger charge is 2.34. The van der Waals surface area contributed by atoms with Gasteiger partial charge < -0.3 is 15.0 Å². The Balaban J connectivity index is 1.98. The minimum Gasteiger partial charge on any atom is -0.494 e. The number of nitrogens with zero attached hydrogens (tertiary/aromatic N) is 1. The first-order valence-corrected chi connectivity index (χ1v) is 9.29. The van der Waals surface area contributed by atoms with Gasteiger partial charge in [0.25, 0.3) is 5.91 Å². The van der Waals surface area contributed by atoms with Gasteiger partial charge >= 0.3 is 0 Å². The van der Waals surface area contributed by atoms with E-state index in [0.717, 1.165) is 6.42 Å². The standard InChI is InChI=1S/C18H23FN2O3S/c1-4-5-12(2)18(23)21-11-25-10-15(21)17(22)20-9-13-6-7-16(24-3)14(19)8-13/h5-8,15H,4,9-11H2,1-3H3,(H,20,22)/b12-5-. The van der Waals surface area contributed by atoms with Gasteiger partial charge in [0.05, 0.1) is 13.0 Å². The molecule has 1 N–H and O–H groups in total. The first-order valence-electron chi connectivity index (χ1n) is 8.13. The van der Waals surface area contributed by atoms with Gasteiger partial charge in [-0.25, -0.2) is 4.39 Å². The Labute approximate surface area is 151 Å². The second-order valence-corrected chi connectivity index (χ2v) is 6.77. The first-order chi connectivity index (χ1) is 12.0. The second kappa shape index (κ2) is 8.89. The molecule has 1 aromatic carbocycles. The van der Waals surface area contributed by atoms with E-state index >= 15 is 0 Å². The lowest BCUT2D eigenvalue weighted by Crippen LogP contribution is -2.47. The van der Waals surface area contributed by atoms with Crippen molar-refractivity contribution in [3.8, 4) is 5.75 Å². The normalized spacial score (nSPS) is 17.5. The lowest BCUT2D eigenvalue weighted by Gasteiger charge is -2.23. The third-order valence-electron chi connectivity index (χ3n) is 3.98. The van der Waals surface area contributed by atoms with Gasteiger partial charge in [0.1, 0.15) is 6.04 Å². The number of benzene rings is 1. The molecule has 5 nitrogen and oxygen atoms in total. The quantitative estimate of drug-likeness (QED) is 0.787. The molecule has 1 aliphatic heterocycles. The number of carbonyl (C=O) groups excluding carboxylic acids is 2. The molecule has 25 heavy (non-hydrogen) atoms.